The Morgan fingerprint density at radius 1 is 1.35 bits per heavy atom. The summed E-state index contributed by atoms with van der Waals surface area (Å²) in [5.74, 6) is 0.827. The number of hydrogen-bond donors (Lipinski definition) is 1. The molecule has 0 radical (unpaired) electrons. The predicted octanol–water partition coefficient (Wildman–Crippen LogP) is 1.36. The Bertz CT molecular complexity index is 271. The maximum absolute atomic E-state index is 11.1. The van der Waals surface area contributed by atoms with Gasteiger partial charge in [0.15, 0.2) is 0 Å². The van der Waals surface area contributed by atoms with Crippen LogP contribution in [0.2, 0.25) is 0 Å². The molecule has 0 spiro atoms. The van der Waals surface area contributed by atoms with Crippen molar-refractivity contribution in [1.82, 2.24) is 10.2 Å². The second-order valence-electron chi connectivity index (χ2n) is 5.85. The van der Waals surface area contributed by atoms with Crippen LogP contribution in [0.25, 0.3) is 0 Å². The Balaban J connectivity index is 1.75. The zero-order chi connectivity index (χ0) is 12.4. The Labute approximate surface area is 108 Å². The van der Waals surface area contributed by atoms with Gasteiger partial charge in [-0.15, -0.1) is 0 Å². The van der Waals surface area contributed by atoms with Crippen molar-refractivity contribution in [1.29, 1.82) is 0 Å². The van der Waals surface area contributed by atoms with E-state index in [1.165, 1.54) is 25.7 Å². The van der Waals surface area contributed by atoms with Crippen LogP contribution in [0.3, 0.4) is 0 Å². The van der Waals surface area contributed by atoms with E-state index in [0.717, 1.165) is 24.3 Å². The highest BCUT2D eigenvalue weighted by atomic mass is 32.2. The molecule has 100 valence electrons. The molecule has 2 bridgehead atoms. The molecule has 3 nitrogen and oxygen atoms in total. The second kappa shape index (κ2) is 5.81. The van der Waals surface area contributed by atoms with Crippen molar-refractivity contribution >= 4 is 10.8 Å². The number of fused-ring (bicyclic) bond motifs is 2. The summed E-state index contributed by atoms with van der Waals surface area (Å²) in [7, 11) is 1.63. The van der Waals surface area contributed by atoms with Gasteiger partial charge in [0.2, 0.25) is 0 Å². The molecule has 0 aromatic rings. The summed E-state index contributed by atoms with van der Waals surface area (Å²) >= 11 is 0. The van der Waals surface area contributed by atoms with Crippen molar-refractivity contribution in [3.8, 4) is 0 Å². The van der Waals surface area contributed by atoms with Gasteiger partial charge in [0.25, 0.3) is 0 Å². The molecule has 2 heterocycles. The van der Waals surface area contributed by atoms with Crippen LogP contribution >= 0.6 is 0 Å². The number of nitrogens with zero attached hydrogens (tertiary/aromatic N) is 1. The summed E-state index contributed by atoms with van der Waals surface area (Å²) in [6.07, 6.45) is 8.19. The molecule has 2 rings (SSSR count). The van der Waals surface area contributed by atoms with Crippen molar-refractivity contribution in [3.05, 3.63) is 0 Å². The van der Waals surface area contributed by atoms with E-state index in [2.05, 4.69) is 24.2 Å². The van der Waals surface area contributed by atoms with Gasteiger partial charge < -0.3 is 10.2 Å². The Morgan fingerprint density at radius 2 is 1.94 bits per heavy atom. The molecular weight excluding hydrogens is 232 g/mol. The zero-order valence-corrected chi connectivity index (χ0v) is 12.1. The minimum atomic E-state index is -0.648. The number of hydrogen-bond acceptors (Lipinski definition) is 3. The first-order valence-electron chi connectivity index (χ1n) is 6.84. The van der Waals surface area contributed by atoms with Gasteiger partial charge in [0.05, 0.1) is 0 Å². The van der Waals surface area contributed by atoms with Crippen LogP contribution in [0.5, 0.6) is 0 Å². The highest BCUT2D eigenvalue weighted by Gasteiger charge is 2.38. The van der Waals surface area contributed by atoms with Crippen molar-refractivity contribution in [2.45, 2.75) is 63.2 Å². The molecule has 0 saturated carbocycles. The van der Waals surface area contributed by atoms with Crippen molar-refractivity contribution in [3.63, 3.8) is 0 Å². The molecule has 4 heteroatoms. The van der Waals surface area contributed by atoms with Crippen LogP contribution in [0.4, 0.5) is 0 Å². The van der Waals surface area contributed by atoms with Gasteiger partial charge in [-0.05, 0) is 46.1 Å². The topological polar surface area (TPSA) is 32.3 Å². The first kappa shape index (κ1) is 13.5. The number of nitrogens with one attached hydrogen (secondary N) is 1. The highest BCUT2D eigenvalue weighted by Crippen LogP contribution is 2.34. The maximum atomic E-state index is 11.1. The molecule has 1 N–H and O–H groups in total. The van der Waals surface area contributed by atoms with E-state index in [4.69, 9.17) is 0 Å². The SMILES string of the molecule is CC(CCS(C)=O)NC1CC2CCC(C1)N2C. The van der Waals surface area contributed by atoms with E-state index in [9.17, 15) is 4.21 Å². The summed E-state index contributed by atoms with van der Waals surface area (Å²) < 4.78 is 11.1. The number of rotatable bonds is 5. The Hall–Kier alpha value is 0.0700. The lowest BCUT2D eigenvalue weighted by Crippen LogP contribution is -2.49. The largest absolute Gasteiger partial charge is 0.311 e. The third-order valence-corrected chi connectivity index (χ3v) is 5.27. The van der Waals surface area contributed by atoms with Crippen LogP contribution in [-0.4, -0.2) is 52.3 Å². The molecule has 2 fully saturated rings. The third kappa shape index (κ3) is 3.52. The van der Waals surface area contributed by atoms with E-state index in [1.807, 2.05) is 0 Å². The van der Waals surface area contributed by atoms with Crippen LogP contribution in [0.15, 0.2) is 0 Å². The summed E-state index contributed by atoms with van der Waals surface area (Å²) in [5.41, 5.74) is 0. The van der Waals surface area contributed by atoms with Crippen molar-refractivity contribution in [2.24, 2.45) is 0 Å². The van der Waals surface area contributed by atoms with Gasteiger partial charge in [-0.3, -0.25) is 4.21 Å². The van der Waals surface area contributed by atoms with E-state index >= 15 is 0 Å². The molecule has 0 aromatic carbocycles. The van der Waals surface area contributed by atoms with Gasteiger partial charge >= 0.3 is 0 Å². The lowest BCUT2D eigenvalue weighted by atomic mass is 9.97. The fourth-order valence-corrected chi connectivity index (χ4v) is 4.06. The van der Waals surface area contributed by atoms with Gasteiger partial charge in [0, 0.05) is 47.0 Å². The molecule has 2 aliphatic heterocycles. The average molecular weight is 258 g/mol. The maximum Gasteiger partial charge on any atom is 0.0246 e. The zero-order valence-electron chi connectivity index (χ0n) is 11.3. The van der Waals surface area contributed by atoms with E-state index in [0.29, 0.717) is 12.1 Å². The smallest absolute Gasteiger partial charge is 0.0246 e. The first-order chi connectivity index (χ1) is 8.06. The van der Waals surface area contributed by atoms with Crippen LogP contribution in [-0.2, 0) is 10.8 Å². The highest BCUT2D eigenvalue weighted by molar-refractivity contribution is 7.84. The van der Waals surface area contributed by atoms with Crippen LogP contribution in [0, 0.1) is 0 Å². The minimum Gasteiger partial charge on any atom is -0.311 e. The lowest BCUT2D eigenvalue weighted by Gasteiger charge is -2.38. The van der Waals surface area contributed by atoms with Crippen molar-refractivity contribution < 1.29 is 4.21 Å². The van der Waals surface area contributed by atoms with E-state index in [-0.39, 0.29) is 0 Å². The Kier molecular flexibility index (Phi) is 4.61. The predicted molar refractivity (Wildman–Crippen MR) is 73.7 cm³/mol. The van der Waals surface area contributed by atoms with Crippen molar-refractivity contribution in [2.75, 3.05) is 19.1 Å². The lowest BCUT2D eigenvalue weighted by molar-refractivity contribution is 0.144. The minimum absolute atomic E-state index is 0.506. The average Bonchev–Trinajstić information content (AvgIpc) is 2.52. The molecule has 17 heavy (non-hydrogen) atoms. The normalized spacial score (nSPS) is 37.0. The van der Waals surface area contributed by atoms with E-state index in [1.54, 1.807) is 6.26 Å². The quantitative estimate of drug-likeness (QED) is 0.808. The summed E-state index contributed by atoms with van der Waals surface area (Å²) in [4.78, 5) is 2.57. The number of piperidine rings is 1. The van der Waals surface area contributed by atoms with E-state index < -0.39 is 10.8 Å². The second-order valence-corrected chi connectivity index (χ2v) is 7.41. The molecule has 0 aromatic heterocycles. The van der Waals surface area contributed by atoms with Crippen LogP contribution in [0.1, 0.15) is 39.0 Å². The fourth-order valence-electron chi connectivity index (χ4n) is 3.38. The molecule has 4 unspecified atom stereocenters. The molecule has 0 amide bonds. The fraction of sp³-hybridized carbons (Fsp3) is 1.00. The summed E-state index contributed by atoms with van der Waals surface area (Å²) in [6, 6.07) is 2.80. The molecule has 0 aliphatic carbocycles. The Morgan fingerprint density at radius 3 is 2.47 bits per heavy atom. The summed E-state index contributed by atoms with van der Waals surface area (Å²) in [6.45, 7) is 2.23. The van der Waals surface area contributed by atoms with Crippen LogP contribution < -0.4 is 5.32 Å². The molecular formula is C13H26N2OS. The monoisotopic (exact) mass is 258 g/mol. The molecule has 4 atom stereocenters. The van der Waals surface area contributed by atoms with Gasteiger partial charge in [-0.2, -0.15) is 0 Å². The third-order valence-electron chi connectivity index (χ3n) is 4.46. The molecule has 2 aliphatic rings. The van der Waals surface area contributed by atoms with Gasteiger partial charge in [0.1, 0.15) is 0 Å². The summed E-state index contributed by atoms with van der Waals surface area (Å²) in [5, 5.41) is 3.73. The van der Waals surface area contributed by atoms with Gasteiger partial charge in [-0.1, -0.05) is 0 Å². The molecule has 2 saturated heterocycles. The first-order valence-corrected chi connectivity index (χ1v) is 8.57. The van der Waals surface area contributed by atoms with Gasteiger partial charge in [-0.25, -0.2) is 0 Å². The standard InChI is InChI=1S/C13H26N2OS/c1-10(6-7-17(3)16)14-11-8-12-4-5-13(9-11)15(12)2/h10-14H,4-9H2,1-3H3.